The summed E-state index contributed by atoms with van der Waals surface area (Å²) in [6.07, 6.45) is 4.75. The third-order valence-corrected chi connectivity index (χ3v) is 4.75. The van der Waals surface area contributed by atoms with Gasteiger partial charge in [-0.1, -0.05) is 38.0 Å². The molecule has 3 rings (SSSR count). The zero-order chi connectivity index (χ0) is 11.2. The largest absolute Gasteiger partial charge is 0.394 e. The molecule has 1 aliphatic carbocycles. The van der Waals surface area contributed by atoms with Crippen molar-refractivity contribution in [2.75, 3.05) is 11.9 Å². The molecule has 2 nitrogen and oxygen atoms in total. The first-order valence-corrected chi connectivity index (χ1v) is 6.20. The summed E-state index contributed by atoms with van der Waals surface area (Å²) in [7, 11) is 0. The minimum atomic E-state index is -0.116. The van der Waals surface area contributed by atoms with Crippen LogP contribution in [0.1, 0.15) is 38.2 Å². The fourth-order valence-electron chi connectivity index (χ4n) is 3.64. The van der Waals surface area contributed by atoms with E-state index in [-0.39, 0.29) is 17.6 Å². The number of rotatable bonds is 1. The molecular formula is C14H19NO. The van der Waals surface area contributed by atoms with Crippen LogP contribution in [0.15, 0.2) is 24.3 Å². The monoisotopic (exact) mass is 217 g/mol. The Kier molecular flexibility index (Phi) is 2.05. The molecule has 2 aliphatic rings. The van der Waals surface area contributed by atoms with E-state index in [1.165, 1.54) is 30.5 Å². The molecule has 2 atom stereocenters. The van der Waals surface area contributed by atoms with Crippen LogP contribution in [0, 0.1) is 0 Å². The highest BCUT2D eigenvalue weighted by atomic mass is 16.3. The summed E-state index contributed by atoms with van der Waals surface area (Å²) in [6, 6.07) is 8.52. The highest BCUT2D eigenvalue weighted by Gasteiger charge is 2.55. The minimum Gasteiger partial charge on any atom is -0.394 e. The van der Waals surface area contributed by atoms with E-state index in [9.17, 15) is 5.11 Å². The van der Waals surface area contributed by atoms with E-state index in [1.54, 1.807) is 0 Å². The van der Waals surface area contributed by atoms with Gasteiger partial charge in [-0.15, -0.1) is 0 Å². The van der Waals surface area contributed by atoms with Crippen LogP contribution in [-0.4, -0.2) is 17.3 Å². The highest BCUT2D eigenvalue weighted by Crippen LogP contribution is 2.54. The van der Waals surface area contributed by atoms with Gasteiger partial charge in [0.25, 0.3) is 0 Å². The molecule has 86 valence electrons. The molecule has 1 aliphatic heterocycles. The summed E-state index contributed by atoms with van der Waals surface area (Å²) in [4.78, 5) is 0. The second-order valence-corrected chi connectivity index (χ2v) is 5.45. The molecule has 1 saturated carbocycles. The molecule has 0 bridgehead atoms. The first-order valence-electron chi connectivity index (χ1n) is 6.20. The van der Waals surface area contributed by atoms with Gasteiger partial charge in [-0.2, -0.15) is 0 Å². The van der Waals surface area contributed by atoms with Gasteiger partial charge in [0, 0.05) is 11.1 Å². The van der Waals surface area contributed by atoms with Gasteiger partial charge in [-0.3, -0.25) is 0 Å². The van der Waals surface area contributed by atoms with E-state index in [1.807, 2.05) is 0 Å². The van der Waals surface area contributed by atoms with Crippen LogP contribution < -0.4 is 5.32 Å². The van der Waals surface area contributed by atoms with Crippen molar-refractivity contribution in [2.45, 2.75) is 43.6 Å². The van der Waals surface area contributed by atoms with Gasteiger partial charge < -0.3 is 10.4 Å². The standard InChI is InChI=1S/C14H19NO/c1-13-8-4-5-9-14(13,10-16)15-12-7-3-2-6-11(12)13/h2-3,6-7,15-16H,4-5,8-10H2,1H3. The predicted molar refractivity (Wildman–Crippen MR) is 65.7 cm³/mol. The molecule has 0 amide bonds. The lowest BCUT2D eigenvalue weighted by Gasteiger charge is -2.46. The van der Waals surface area contributed by atoms with Crippen molar-refractivity contribution in [2.24, 2.45) is 0 Å². The van der Waals surface area contributed by atoms with E-state index in [4.69, 9.17) is 0 Å². The fraction of sp³-hybridized carbons (Fsp3) is 0.571. The number of para-hydroxylation sites is 1. The van der Waals surface area contributed by atoms with Crippen LogP contribution in [0.2, 0.25) is 0 Å². The van der Waals surface area contributed by atoms with E-state index in [0.717, 1.165) is 6.42 Å². The lowest BCUT2D eigenvalue weighted by atomic mass is 9.61. The van der Waals surface area contributed by atoms with E-state index in [0.29, 0.717) is 0 Å². The molecule has 16 heavy (non-hydrogen) atoms. The zero-order valence-corrected chi connectivity index (χ0v) is 9.79. The summed E-state index contributed by atoms with van der Waals surface area (Å²) in [6.45, 7) is 2.54. The third-order valence-electron chi connectivity index (χ3n) is 4.75. The fourth-order valence-corrected chi connectivity index (χ4v) is 3.64. The van der Waals surface area contributed by atoms with E-state index in [2.05, 4.69) is 36.5 Å². The minimum absolute atomic E-state index is 0.108. The molecule has 2 heteroatoms. The van der Waals surface area contributed by atoms with Gasteiger partial charge in [0.05, 0.1) is 12.1 Å². The first-order chi connectivity index (χ1) is 7.72. The Morgan fingerprint density at radius 2 is 2.00 bits per heavy atom. The van der Waals surface area contributed by atoms with Gasteiger partial charge in [-0.25, -0.2) is 0 Å². The van der Waals surface area contributed by atoms with Crippen LogP contribution in [0.5, 0.6) is 0 Å². The summed E-state index contributed by atoms with van der Waals surface area (Å²) in [5.74, 6) is 0. The Hall–Kier alpha value is -1.02. The molecular weight excluding hydrogens is 198 g/mol. The quantitative estimate of drug-likeness (QED) is 0.758. The van der Waals surface area contributed by atoms with Crippen LogP contribution in [0.25, 0.3) is 0 Å². The topological polar surface area (TPSA) is 32.3 Å². The van der Waals surface area contributed by atoms with Crippen LogP contribution >= 0.6 is 0 Å². The van der Waals surface area contributed by atoms with Crippen molar-refractivity contribution < 1.29 is 5.11 Å². The average Bonchev–Trinajstić information content (AvgIpc) is 2.59. The smallest absolute Gasteiger partial charge is 0.0698 e. The molecule has 1 aromatic carbocycles. The number of aliphatic hydroxyl groups is 1. The number of nitrogens with one attached hydrogen (secondary N) is 1. The predicted octanol–water partition coefficient (Wildman–Crippen LogP) is 2.67. The van der Waals surface area contributed by atoms with Crippen molar-refractivity contribution in [1.82, 2.24) is 0 Å². The number of hydrogen-bond acceptors (Lipinski definition) is 2. The molecule has 0 spiro atoms. The molecule has 2 N–H and O–H groups in total. The second kappa shape index (κ2) is 3.24. The van der Waals surface area contributed by atoms with Gasteiger partial charge in [0.1, 0.15) is 0 Å². The SMILES string of the molecule is CC12CCCCC1(CO)Nc1ccccc12. The molecule has 0 aromatic heterocycles. The molecule has 1 heterocycles. The second-order valence-electron chi connectivity index (χ2n) is 5.45. The van der Waals surface area contributed by atoms with Crippen molar-refractivity contribution in [3.05, 3.63) is 29.8 Å². The van der Waals surface area contributed by atoms with Gasteiger partial charge in [0.15, 0.2) is 0 Å². The van der Waals surface area contributed by atoms with E-state index >= 15 is 0 Å². The summed E-state index contributed by atoms with van der Waals surface area (Å²) < 4.78 is 0. The van der Waals surface area contributed by atoms with Crippen molar-refractivity contribution in [3.8, 4) is 0 Å². The maximum atomic E-state index is 9.83. The molecule has 0 radical (unpaired) electrons. The van der Waals surface area contributed by atoms with Crippen molar-refractivity contribution in [3.63, 3.8) is 0 Å². The summed E-state index contributed by atoms with van der Waals surface area (Å²) in [5, 5.41) is 13.4. The number of hydrogen-bond donors (Lipinski definition) is 2. The Balaban J connectivity index is 2.16. The molecule has 2 unspecified atom stereocenters. The van der Waals surface area contributed by atoms with Gasteiger partial charge >= 0.3 is 0 Å². The maximum absolute atomic E-state index is 9.83. The first kappa shape index (κ1) is 10.2. The average molecular weight is 217 g/mol. The zero-order valence-electron chi connectivity index (χ0n) is 9.79. The van der Waals surface area contributed by atoms with Crippen molar-refractivity contribution >= 4 is 5.69 Å². The lowest BCUT2D eigenvalue weighted by molar-refractivity contribution is 0.109. The number of anilines is 1. The number of aliphatic hydroxyl groups excluding tert-OH is 1. The molecule has 1 aromatic rings. The van der Waals surface area contributed by atoms with Crippen LogP contribution in [0.4, 0.5) is 5.69 Å². The highest BCUT2D eigenvalue weighted by molar-refractivity contribution is 5.64. The Bertz CT molecular complexity index is 417. The summed E-state index contributed by atoms with van der Waals surface area (Å²) in [5.41, 5.74) is 2.61. The van der Waals surface area contributed by atoms with Gasteiger partial charge in [0.2, 0.25) is 0 Å². The van der Waals surface area contributed by atoms with Gasteiger partial charge in [-0.05, 0) is 24.5 Å². The maximum Gasteiger partial charge on any atom is 0.0698 e. The number of fused-ring (bicyclic) bond motifs is 3. The Labute approximate surface area is 96.7 Å². The van der Waals surface area contributed by atoms with Crippen LogP contribution in [-0.2, 0) is 5.41 Å². The third kappa shape index (κ3) is 1.06. The van der Waals surface area contributed by atoms with E-state index < -0.39 is 0 Å². The van der Waals surface area contributed by atoms with Crippen molar-refractivity contribution in [1.29, 1.82) is 0 Å². The number of benzene rings is 1. The molecule has 0 saturated heterocycles. The van der Waals surface area contributed by atoms with Crippen LogP contribution in [0.3, 0.4) is 0 Å². The lowest BCUT2D eigenvalue weighted by Crippen LogP contribution is -2.55. The Morgan fingerprint density at radius 3 is 2.81 bits per heavy atom. The Morgan fingerprint density at radius 1 is 1.25 bits per heavy atom. The molecule has 1 fully saturated rings. The summed E-state index contributed by atoms with van der Waals surface area (Å²) >= 11 is 0. The normalized spacial score (nSPS) is 36.4.